The predicted molar refractivity (Wildman–Crippen MR) is 50.5 cm³/mol. The van der Waals surface area contributed by atoms with E-state index in [4.69, 9.17) is 4.74 Å². The fraction of sp³-hybridized carbons (Fsp3) is 0.800. The molecule has 2 bridgehead atoms. The van der Waals surface area contributed by atoms with Gasteiger partial charge in [0.25, 0.3) is 0 Å². The normalized spacial score (nSPS) is 48.4. The summed E-state index contributed by atoms with van der Waals surface area (Å²) < 4.78 is 5.95. The van der Waals surface area contributed by atoms with Crippen LogP contribution in [0.5, 0.6) is 0 Å². The summed E-state index contributed by atoms with van der Waals surface area (Å²) in [7, 11) is 1.91. The fourth-order valence-corrected chi connectivity index (χ4v) is 2.49. The summed E-state index contributed by atoms with van der Waals surface area (Å²) in [5, 5.41) is 12.8. The van der Waals surface area contributed by atoms with Gasteiger partial charge in [0.1, 0.15) is 5.60 Å². The maximum Gasteiger partial charge on any atom is 0.102 e. The summed E-state index contributed by atoms with van der Waals surface area (Å²) in [6, 6.07) is 0. The van der Waals surface area contributed by atoms with E-state index in [-0.39, 0.29) is 17.3 Å². The van der Waals surface area contributed by atoms with Crippen LogP contribution in [0.3, 0.4) is 0 Å². The lowest BCUT2D eigenvalue weighted by Gasteiger charge is -2.41. The predicted octanol–water partition coefficient (Wildman–Crippen LogP) is 0.444. The van der Waals surface area contributed by atoms with E-state index in [1.165, 1.54) is 0 Å². The molecule has 0 spiro atoms. The highest BCUT2D eigenvalue weighted by Crippen LogP contribution is 2.42. The van der Waals surface area contributed by atoms with E-state index in [0.29, 0.717) is 6.42 Å². The molecule has 0 amide bonds. The van der Waals surface area contributed by atoms with Crippen molar-refractivity contribution in [3.05, 3.63) is 12.2 Å². The third kappa shape index (κ3) is 1.52. The van der Waals surface area contributed by atoms with Crippen LogP contribution in [0.4, 0.5) is 0 Å². The van der Waals surface area contributed by atoms with Crippen LogP contribution in [0.15, 0.2) is 12.2 Å². The maximum atomic E-state index is 9.70. The molecule has 0 saturated carbocycles. The average Bonchev–Trinajstić information content (AvgIpc) is 2.22. The van der Waals surface area contributed by atoms with E-state index in [9.17, 15) is 5.11 Å². The fourth-order valence-electron chi connectivity index (χ4n) is 2.49. The van der Waals surface area contributed by atoms with Gasteiger partial charge in [0.2, 0.25) is 0 Å². The summed E-state index contributed by atoms with van der Waals surface area (Å²) in [5.74, 6) is 0. The van der Waals surface area contributed by atoms with Gasteiger partial charge < -0.3 is 15.2 Å². The molecule has 0 aromatic carbocycles. The number of fused-ring (bicyclic) bond motifs is 2. The summed E-state index contributed by atoms with van der Waals surface area (Å²) in [5.41, 5.74) is -0.504. The van der Waals surface area contributed by atoms with Crippen LogP contribution < -0.4 is 5.32 Å². The van der Waals surface area contributed by atoms with E-state index < -0.39 is 0 Å². The first kappa shape index (κ1) is 9.19. The van der Waals surface area contributed by atoms with Crippen molar-refractivity contribution in [2.75, 3.05) is 13.6 Å². The molecule has 0 radical (unpaired) electrons. The highest BCUT2D eigenvalue weighted by molar-refractivity contribution is 5.21. The summed E-state index contributed by atoms with van der Waals surface area (Å²) in [6.07, 6.45) is 5.37. The van der Waals surface area contributed by atoms with Gasteiger partial charge in [-0.15, -0.1) is 0 Å². The second-order valence-electron chi connectivity index (χ2n) is 4.41. The molecular formula is C10H17NO2. The van der Waals surface area contributed by atoms with Crippen LogP contribution in [-0.2, 0) is 4.74 Å². The molecule has 1 fully saturated rings. The number of aliphatic hydroxyl groups excluding tert-OH is 1. The molecule has 1 saturated heterocycles. The molecule has 3 heteroatoms. The van der Waals surface area contributed by atoms with Crippen molar-refractivity contribution in [3.63, 3.8) is 0 Å². The van der Waals surface area contributed by atoms with Crippen molar-refractivity contribution in [1.82, 2.24) is 5.32 Å². The molecule has 2 heterocycles. The Morgan fingerprint density at radius 1 is 1.54 bits per heavy atom. The zero-order valence-corrected chi connectivity index (χ0v) is 8.21. The van der Waals surface area contributed by atoms with E-state index in [2.05, 4.69) is 17.5 Å². The Morgan fingerprint density at radius 2 is 2.31 bits per heavy atom. The monoisotopic (exact) mass is 183 g/mol. The lowest BCUT2D eigenvalue weighted by molar-refractivity contribution is -0.148. The van der Waals surface area contributed by atoms with Crippen LogP contribution in [0.25, 0.3) is 0 Å². The van der Waals surface area contributed by atoms with Crippen LogP contribution in [-0.4, -0.2) is 36.0 Å². The van der Waals surface area contributed by atoms with Crippen molar-refractivity contribution in [3.8, 4) is 0 Å². The van der Waals surface area contributed by atoms with Gasteiger partial charge in [0.05, 0.1) is 11.7 Å². The number of nitrogens with one attached hydrogen (secondary N) is 1. The molecule has 2 aliphatic rings. The molecular weight excluding hydrogens is 166 g/mol. The first-order valence-corrected chi connectivity index (χ1v) is 4.81. The van der Waals surface area contributed by atoms with Crippen LogP contribution in [0.2, 0.25) is 0 Å². The molecule has 0 aromatic rings. The second-order valence-corrected chi connectivity index (χ2v) is 4.41. The topological polar surface area (TPSA) is 41.5 Å². The molecule has 13 heavy (non-hydrogen) atoms. The van der Waals surface area contributed by atoms with Gasteiger partial charge in [-0.1, -0.05) is 12.2 Å². The minimum absolute atomic E-state index is 0.234. The number of likely N-dealkylation sites (N-methyl/N-ethyl adjacent to an activating group) is 1. The third-order valence-electron chi connectivity index (χ3n) is 2.87. The number of aliphatic hydroxyl groups is 1. The summed E-state index contributed by atoms with van der Waals surface area (Å²) in [6.45, 7) is 2.80. The first-order valence-electron chi connectivity index (χ1n) is 4.81. The van der Waals surface area contributed by atoms with E-state index in [1.54, 1.807) is 0 Å². The Labute approximate surface area is 78.8 Å². The highest BCUT2D eigenvalue weighted by atomic mass is 16.5. The molecule has 2 rings (SSSR count). The van der Waals surface area contributed by atoms with Crippen molar-refractivity contribution < 1.29 is 9.84 Å². The Bertz CT molecular complexity index is 241. The number of hydrogen-bond donors (Lipinski definition) is 2. The quantitative estimate of drug-likeness (QED) is 0.611. The van der Waals surface area contributed by atoms with Crippen molar-refractivity contribution in [2.45, 2.75) is 37.1 Å². The highest BCUT2D eigenvalue weighted by Gasteiger charge is 2.48. The first-order chi connectivity index (χ1) is 6.08. The largest absolute Gasteiger partial charge is 0.393 e. The second kappa shape index (κ2) is 2.80. The lowest BCUT2D eigenvalue weighted by Crippen LogP contribution is -2.50. The molecule has 2 aliphatic heterocycles. The minimum Gasteiger partial charge on any atom is -0.393 e. The van der Waals surface area contributed by atoms with Crippen molar-refractivity contribution in [1.29, 1.82) is 0 Å². The van der Waals surface area contributed by atoms with Gasteiger partial charge in [0.15, 0.2) is 0 Å². The van der Waals surface area contributed by atoms with Crippen LogP contribution in [0.1, 0.15) is 19.8 Å². The Hall–Kier alpha value is -0.380. The molecule has 2 N–H and O–H groups in total. The molecule has 74 valence electrons. The maximum absolute atomic E-state index is 9.70. The van der Waals surface area contributed by atoms with Gasteiger partial charge in [-0.05, 0) is 14.0 Å². The van der Waals surface area contributed by atoms with Crippen molar-refractivity contribution in [2.24, 2.45) is 0 Å². The van der Waals surface area contributed by atoms with E-state index in [0.717, 1.165) is 13.0 Å². The average molecular weight is 183 g/mol. The standard InChI is InChI=1S/C10H17NO2/c1-9-3-4-10(13-9,7-11-2)6-8(12)5-9/h3-4,8,11-12H,5-7H2,1-2H3/t8-,9+,10-/m0/s1. The number of rotatable bonds is 2. The smallest absolute Gasteiger partial charge is 0.102 e. The van der Waals surface area contributed by atoms with Crippen molar-refractivity contribution >= 4 is 0 Å². The zero-order valence-electron chi connectivity index (χ0n) is 8.21. The van der Waals surface area contributed by atoms with Gasteiger partial charge in [-0.3, -0.25) is 0 Å². The molecule has 0 unspecified atom stereocenters. The van der Waals surface area contributed by atoms with Crippen LogP contribution >= 0.6 is 0 Å². The van der Waals surface area contributed by atoms with Crippen LogP contribution in [0, 0.1) is 0 Å². The van der Waals surface area contributed by atoms with Gasteiger partial charge in [-0.2, -0.15) is 0 Å². The zero-order chi connectivity index (χ0) is 9.53. The molecule has 3 atom stereocenters. The van der Waals surface area contributed by atoms with E-state index in [1.807, 2.05) is 14.0 Å². The minimum atomic E-state index is -0.263. The summed E-state index contributed by atoms with van der Waals surface area (Å²) in [4.78, 5) is 0. The molecule has 0 aliphatic carbocycles. The molecule has 3 nitrogen and oxygen atoms in total. The SMILES string of the molecule is CNC[C@]12C=C[C@](C)(C[C@H](O)C1)O2. The van der Waals surface area contributed by atoms with E-state index >= 15 is 0 Å². The third-order valence-corrected chi connectivity index (χ3v) is 2.87. The Balaban J connectivity index is 2.19. The van der Waals surface area contributed by atoms with Gasteiger partial charge >= 0.3 is 0 Å². The Kier molecular flexibility index (Phi) is 1.98. The van der Waals surface area contributed by atoms with Gasteiger partial charge in [0, 0.05) is 19.4 Å². The molecule has 0 aromatic heterocycles. The van der Waals surface area contributed by atoms with Gasteiger partial charge in [-0.25, -0.2) is 0 Å². The number of hydrogen-bond acceptors (Lipinski definition) is 3. The Morgan fingerprint density at radius 3 is 3.00 bits per heavy atom. The lowest BCUT2D eigenvalue weighted by atomic mass is 9.90. The number of ether oxygens (including phenoxy) is 1. The summed E-state index contributed by atoms with van der Waals surface area (Å²) >= 11 is 0.